The molecule has 0 saturated carbocycles. The van der Waals surface area contributed by atoms with Gasteiger partial charge in [0.1, 0.15) is 13.2 Å². The first-order valence-corrected chi connectivity index (χ1v) is 11.6. The average Bonchev–Trinajstić information content (AvgIpc) is 3.31. The molecule has 31 heavy (non-hydrogen) atoms. The lowest BCUT2D eigenvalue weighted by Gasteiger charge is -2.40. The van der Waals surface area contributed by atoms with E-state index in [1.54, 1.807) is 0 Å². The molecule has 0 aromatic heterocycles. The van der Waals surface area contributed by atoms with Crippen LogP contribution in [0.5, 0.6) is 0 Å². The highest BCUT2D eigenvalue weighted by Gasteiger charge is 2.35. The van der Waals surface area contributed by atoms with E-state index in [-0.39, 0.29) is 30.4 Å². The van der Waals surface area contributed by atoms with Crippen molar-refractivity contribution in [3.63, 3.8) is 0 Å². The normalized spacial score (nSPS) is 21.0. The quantitative estimate of drug-likeness (QED) is 0.680. The molecule has 1 aromatic rings. The lowest BCUT2D eigenvalue weighted by atomic mass is 9.79. The molecule has 170 valence electrons. The molecule has 0 radical (unpaired) electrons. The summed E-state index contributed by atoms with van der Waals surface area (Å²) in [4.78, 5) is 29.2. The van der Waals surface area contributed by atoms with Gasteiger partial charge in [-0.25, -0.2) is 0 Å². The third kappa shape index (κ3) is 6.05. The zero-order valence-electron chi connectivity index (χ0n) is 18.4. The van der Waals surface area contributed by atoms with Gasteiger partial charge in [-0.3, -0.25) is 9.59 Å². The van der Waals surface area contributed by atoms with Crippen LogP contribution in [-0.2, 0) is 32.0 Å². The molecule has 2 saturated heterocycles. The van der Waals surface area contributed by atoms with E-state index in [2.05, 4.69) is 22.3 Å². The van der Waals surface area contributed by atoms with Crippen molar-refractivity contribution in [3.8, 4) is 0 Å². The molecule has 1 N–H and O–H groups in total. The van der Waals surface area contributed by atoms with Gasteiger partial charge in [-0.05, 0) is 56.3 Å². The van der Waals surface area contributed by atoms with E-state index in [9.17, 15) is 9.59 Å². The number of benzene rings is 1. The molecule has 0 bridgehead atoms. The predicted molar refractivity (Wildman–Crippen MR) is 118 cm³/mol. The molecule has 0 aliphatic carbocycles. The SMILES string of the molecule is O=C(COCC(=O)N1CCc2ccccc2C1)NCC1(CN2CCCC2)CCOCC1. The molecule has 0 atom stereocenters. The number of rotatable bonds is 8. The standard InChI is InChI=1S/C24H35N3O4/c28-22(25-18-24(8-13-30-14-9-24)19-26-10-3-4-11-26)16-31-17-23(29)27-12-7-20-5-1-2-6-21(20)15-27/h1-2,5-6H,3-4,7-19H2,(H,25,28). The van der Waals surface area contributed by atoms with E-state index < -0.39 is 0 Å². The summed E-state index contributed by atoms with van der Waals surface area (Å²) < 4.78 is 11.0. The molecular formula is C24H35N3O4. The number of fused-ring (bicyclic) bond motifs is 1. The van der Waals surface area contributed by atoms with Crippen LogP contribution in [-0.4, -0.2) is 80.8 Å². The Bertz CT molecular complexity index is 757. The van der Waals surface area contributed by atoms with Gasteiger partial charge in [0.25, 0.3) is 0 Å². The van der Waals surface area contributed by atoms with Gasteiger partial charge in [-0.15, -0.1) is 0 Å². The van der Waals surface area contributed by atoms with Crippen LogP contribution in [0.1, 0.15) is 36.8 Å². The third-order valence-corrected chi connectivity index (χ3v) is 6.91. The van der Waals surface area contributed by atoms with E-state index in [0.717, 1.165) is 52.1 Å². The number of hydrogen-bond acceptors (Lipinski definition) is 5. The van der Waals surface area contributed by atoms with Crippen LogP contribution < -0.4 is 5.32 Å². The molecule has 3 heterocycles. The van der Waals surface area contributed by atoms with E-state index in [0.29, 0.717) is 19.6 Å². The molecule has 1 aromatic carbocycles. The second-order valence-corrected chi connectivity index (χ2v) is 9.20. The van der Waals surface area contributed by atoms with Crippen molar-refractivity contribution in [2.24, 2.45) is 5.41 Å². The van der Waals surface area contributed by atoms with E-state index in [1.165, 1.54) is 24.0 Å². The van der Waals surface area contributed by atoms with E-state index in [4.69, 9.17) is 9.47 Å². The van der Waals surface area contributed by atoms with Crippen LogP contribution in [0.3, 0.4) is 0 Å². The average molecular weight is 430 g/mol. The lowest BCUT2D eigenvalue weighted by Crippen LogP contribution is -2.48. The number of nitrogens with zero attached hydrogens (tertiary/aromatic N) is 2. The second kappa shape index (κ2) is 10.6. The van der Waals surface area contributed by atoms with E-state index >= 15 is 0 Å². The predicted octanol–water partition coefficient (Wildman–Crippen LogP) is 1.60. The van der Waals surface area contributed by atoms with Crippen molar-refractivity contribution in [3.05, 3.63) is 35.4 Å². The molecule has 2 fully saturated rings. The van der Waals surface area contributed by atoms with Crippen molar-refractivity contribution < 1.29 is 19.1 Å². The van der Waals surface area contributed by atoms with Crippen molar-refractivity contribution in [2.45, 2.75) is 38.6 Å². The third-order valence-electron chi connectivity index (χ3n) is 6.91. The smallest absolute Gasteiger partial charge is 0.248 e. The van der Waals surface area contributed by atoms with Crippen LogP contribution in [0.15, 0.2) is 24.3 Å². The Labute approximate surface area is 185 Å². The fourth-order valence-corrected chi connectivity index (χ4v) is 4.98. The molecule has 0 unspecified atom stereocenters. The van der Waals surface area contributed by atoms with Crippen molar-refractivity contribution >= 4 is 11.8 Å². The Morgan fingerprint density at radius 1 is 1.03 bits per heavy atom. The summed E-state index contributed by atoms with van der Waals surface area (Å²) in [6, 6.07) is 8.22. The lowest BCUT2D eigenvalue weighted by molar-refractivity contribution is -0.139. The van der Waals surface area contributed by atoms with Gasteiger partial charge in [0.2, 0.25) is 11.8 Å². The topological polar surface area (TPSA) is 71.1 Å². The molecule has 2 amide bonds. The van der Waals surface area contributed by atoms with Crippen LogP contribution in [0.25, 0.3) is 0 Å². The fraction of sp³-hybridized carbons (Fsp3) is 0.667. The summed E-state index contributed by atoms with van der Waals surface area (Å²) >= 11 is 0. The molecule has 7 heteroatoms. The molecule has 7 nitrogen and oxygen atoms in total. The van der Waals surface area contributed by atoms with Gasteiger partial charge < -0.3 is 24.6 Å². The van der Waals surface area contributed by atoms with Gasteiger partial charge in [-0.1, -0.05) is 24.3 Å². The first kappa shape index (κ1) is 22.2. The van der Waals surface area contributed by atoms with Crippen LogP contribution >= 0.6 is 0 Å². The monoisotopic (exact) mass is 429 g/mol. The molecule has 3 aliphatic heterocycles. The number of nitrogens with one attached hydrogen (secondary N) is 1. The maximum atomic E-state index is 12.5. The summed E-state index contributed by atoms with van der Waals surface area (Å²) in [6.45, 7) is 6.68. The zero-order chi connectivity index (χ0) is 21.5. The number of likely N-dealkylation sites (tertiary alicyclic amines) is 1. The van der Waals surface area contributed by atoms with Crippen molar-refractivity contribution in [1.29, 1.82) is 0 Å². The maximum absolute atomic E-state index is 12.5. The zero-order valence-corrected chi connectivity index (χ0v) is 18.4. The Hall–Kier alpha value is -1.96. The molecule has 4 rings (SSSR count). The number of ether oxygens (including phenoxy) is 2. The minimum atomic E-state index is -0.149. The minimum Gasteiger partial charge on any atom is -0.381 e. The fourth-order valence-electron chi connectivity index (χ4n) is 4.98. The largest absolute Gasteiger partial charge is 0.381 e. The summed E-state index contributed by atoms with van der Waals surface area (Å²) in [6.07, 6.45) is 5.34. The maximum Gasteiger partial charge on any atom is 0.248 e. The summed E-state index contributed by atoms with van der Waals surface area (Å²) in [5, 5.41) is 3.06. The van der Waals surface area contributed by atoms with Gasteiger partial charge in [0.15, 0.2) is 0 Å². The first-order valence-electron chi connectivity index (χ1n) is 11.6. The first-order chi connectivity index (χ1) is 15.1. The van der Waals surface area contributed by atoms with Gasteiger partial charge in [0, 0.05) is 44.8 Å². The number of amides is 2. The highest BCUT2D eigenvalue weighted by Crippen LogP contribution is 2.32. The Kier molecular flexibility index (Phi) is 7.58. The van der Waals surface area contributed by atoms with Crippen molar-refractivity contribution in [2.75, 3.05) is 59.2 Å². The molecule has 3 aliphatic rings. The second-order valence-electron chi connectivity index (χ2n) is 9.20. The van der Waals surface area contributed by atoms with E-state index in [1.807, 2.05) is 17.0 Å². The Balaban J connectivity index is 1.18. The number of carbonyl (C=O) groups excluding carboxylic acids is 2. The van der Waals surface area contributed by atoms with Gasteiger partial charge >= 0.3 is 0 Å². The molecule has 0 spiro atoms. The summed E-state index contributed by atoms with van der Waals surface area (Å²) in [5.41, 5.74) is 2.58. The van der Waals surface area contributed by atoms with Crippen LogP contribution in [0, 0.1) is 5.41 Å². The summed E-state index contributed by atoms with van der Waals surface area (Å²) in [5.74, 6) is -0.207. The highest BCUT2D eigenvalue weighted by molar-refractivity contribution is 5.79. The van der Waals surface area contributed by atoms with Crippen molar-refractivity contribution in [1.82, 2.24) is 15.1 Å². The minimum absolute atomic E-state index is 0.0532. The number of hydrogen-bond donors (Lipinski definition) is 1. The molecular weight excluding hydrogens is 394 g/mol. The van der Waals surface area contributed by atoms with Gasteiger partial charge in [-0.2, -0.15) is 0 Å². The Morgan fingerprint density at radius 2 is 1.77 bits per heavy atom. The van der Waals surface area contributed by atoms with Crippen LogP contribution in [0.4, 0.5) is 0 Å². The number of carbonyl (C=O) groups is 2. The highest BCUT2D eigenvalue weighted by atomic mass is 16.5. The Morgan fingerprint density at radius 3 is 2.55 bits per heavy atom. The van der Waals surface area contributed by atoms with Gasteiger partial charge in [0.05, 0.1) is 0 Å². The summed E-state index contributed by atoms with van der Waals surface area (Å²) in [7, 11) is 0. The van der Waals surface area contributed by atoms with Crippen LogP contribution in [0.2, 0.25) is 0 Å².